The lowest BCUT2D eigenvalue weighted by Gasteiger charge is -2.22. The van der Waals surface area contributed by atoms with E-state index in [4.69, 9.17) is 5.26 Å². The van der Waals surface area contributed by atoms with Gasteiger partial charge in [-0.3, -0.25) is 4.79 Å². The summed E-state index contributed by atoms with van der Waals surface area (Å²) in [5.41, 5.74) is -0.498. The maximum absolute atomic E-state index is 11.7. The summed E-state index contributed by atoms with van der Waals surface area (Å²) in [6.07, 6.45) is 3.43. The summed E-state index contributed by atoms with van der Waals surface area (Å²) in [6.45, 7) is 1.83. The highest BCUT2D eigenvalue weighted by molar-refractivity contribution is 5.80. The van der Waals surface area contributed by atoms with Crippen LogP contribution in [-0.4, -0.2) is 24.5 Å². The van der Waals surface area contributed by atoms with Gasteiger partial charge in [-0.15, -0.1) is 0 Å². The average Bonchev–Trinajstić information content (AvgIpc) is 3.00. The summed E-state index contributed by atoms with van der Waals surface area (Å²) in [6, 6.07) is 2.17. The van der Waals surface area contributed by atoms with Gasteiger partial charge in [0.1, 0.15) is 5.54 Å². The minimum absolute atomic E-state index is 0.0746. The van der Waals surface area contributed by atoms with Gasteiger partial charge in [-0.2, -0.15) is 5.26 Å². The molecule has 0 aromatic rings. The van der Waals surface area contributed by atoms with Crippen molar-refractivity contribution in [2.45, 2.75) is 31.2 Å². The zero-order chi connectivity index (χ0) is 10.0. The summed E-state index contributed by atoms with van der Waals surface area (Å²) in [5.74, 6) is 0.188. The van der Waals surface area contributed by atoms with E-state index in [1.165, 1.54) is 0 Å². The molecule has 14 heavy (non-hydrogen) atoms. The number of piperidine rings is 1. The van der Waals surface area contributed by atoms with Crippen LogP contribution < -0.4 is 10.6 Å². The third kappa shape index (κ3) is 1.88. The lowest BCUT2D eigenvalue weighted by molar-refractivity contribution is -0.126. The predicted octanol–water partition coefficient (Wildman–Crippen LogP) is 0.158. The van der Waals surface area contributed by atoms with E-state index in [0.29, 0.717) is 0 Å². The Morgan fingerprint density at radius 3 is 2.57 bits per heavy atom. The number of amides is 1. The number of carbonyl (C=O) groups is 1. The van der Waals surface area contributed by atoms with E-state index >= 15 is 0 Å². The summed E-state index contributed by atoms with van der Waals surface area (Å²) >= 11 is 0. The predicted molar refractivity (Wildman–Crippen MR) is 51.3 cm³/mol. The standard InChI is InChI=1S/C10H15N3O/c11-7-10(3-4-10)13-9(14)8-1-5-12-6-2-8/h8,12H,1-6H2,(H,13,14). The molecule has 4 heteroatoms. The Hall–Kier alpha value is -1.08. The van der Waals surface area contributed by atoms with Crippen LogP contribution >= 0.6 is 0 Å². The topological polar surface area (TPSA) is 64.9 Å². The highest BCUT2D eigenvalue weighted by Gasteiger charge is 2.45. The maximum atomic E-state index is 11.7. The molecule has 2 rings (SSSR count). The second kappa shape index (κ2) is 3.58. The van der Waals surface area contributed by atoms with E-state index in [-0.39, 0.29) is 11.8 Å². The van der Waals surface area contributed by atoms with Crippen molar-refractivity contribution in [3.63, 3.8) is 0 Å². The summed E-state index contributed by atoms with van der Waals surface area (Å²) in [5, 5.41) is 14.9. The van der Waals surface area contributed by atoms with Gasteiger partial charge in [0, 0.05) is 5.92 Å². The van der Waals surface area contributed by atoms with Crippen LogP contribution in [0.1, 0.15) is 25.7 Å². The molecular weight excluding hydrogens is 178 g/mol. The van der Waals surface area contributed by atoms with E-state index in [2.05, 4.69) is 16.7 Å². The molecule has 1 amide bonds. The van der Waals surface area contributed by atoms with E-state index in [0.717, 1.165) is 38.8 Å². The lowest BCUT2D eigenvalue weighted by Crippen LogP contribution is -2.43. The largest absolute Gasteiger partial charge is 0.338 e. The smallest absolute Gasteiger partial charge is 0.224 e. The number of hydrogen-bond donors (Lipinski definition) is 2. The Bertz CT molecular complexity index is 272. The quantitative estimate of drug-likeness (QED) is 0.656. The SMILES string of the molecule is N#CC1(NC(=O)C2CCNCC2)CC1. The number of rotatable bonds is 2. The van der Waals surface area contributed by atoms with Gasteiger partial charge in [0.2, 0.25) is 5.91 Å². The Labute approximate surface area is 83.7 Å². The first kappa shape index (κ1) is 9.47. The number of hydrogen-bond acceptors (Lipinski definition) is 3. The van der Waals surface area contributed by atoms with Crippen LogP contribution in [-0.2, 0) is 4.79 Å². The van der Waals surface area contributed by atoms with Crippen molar-refractivity contribution in [3.8, 4) is 6.07 Å². The van der Waals surface area contributed by atoms with Gasteiger partial charge < -0.3 is 10.6 Å². The van der Waals surface area contributed by atoms with Gasteiger partial charge in [-0.1, -0.05) is 0 Å². The highest BCUT2D eigenvalue weighted by Crippen LogP contribution is 2.34. The molecule has 1 saturated carbocycles. The number of nitrogens with one attached hydrogen (secondary N) is 2. The van der Waals surface area contributed by atoms with Crippen molar-refractivity contribution in [1.29, 1.82) is 5.26 Å². The first-order chi connectivity index (χ1) is 6.76. The molecule has 1 aliphatic carbocycles. The van der Waals surface area contributed by atoms with Gasteiger partial charge >= 0.3 is 0 Å². The second-order valence-corrected chi connectivity index (χ2v) is 4.21. The third-order valence-electron chi connectivity index (χ3n) is 3.04. The molecule has 2 N–H and O–H groups in total. The second-order valence-electron chi connectivity index (χ2n) is 4.21. The molecule has 0 bridgehead atoms. The van der Waals surface area contributed by atoms with Crippen molar-refractivity contribution >= 4 is 5.91 Å². The Morgan fingerprint density at radius 2 is 2.07 bits per heavy atom. The monoisotopic (exact) mass is 193 g/mol. The highest BCUT2D eigenvalue weighted by atomic mass is 16.2. The molecule has 1 saturated heterocycles. The molecule has 76 valence electrons. The molecule has 2 fully saturated rings. The van der Waals surface area contributed by atoms with E-state index in [1.807, 2.05) is 0 Å². The minimum atomic E-state index is -0.498. The van der Waals surface area contributed by atoms with E-state index in [1.54, 1.807) is 0 Å². The van der Waals surface area contributed by atoms with Crippen molar-refractivity contribution in [1.82, 2.24) is 10.6 Å². The zero-order valence-corrected chi connectivity index (χ0v) is 8.18. The normalized spacial score (nSPS) is 25.1. The average molecular weight is 193 g/mol. The van der Waals surface area contributed by atoms with Crippen LogP contribution in [0, 0.1) is 17.2 Å². The van der Waals surface area contributed by atoms with Crippen LogP contribution in [0.2, 0.25) is 0 Å². The van der Waals surface area contributed by atoms with Crippen molar-refractivity contribution in [2.75, 3.05) is 13.1 Å². The summed E-state index contributed by atoms with van der Waals surface area (Å²) in [7, 11) is 0. The number of carbonyl (C=O) groups excluding carboxylic acids is 1. The van der Waals surface area contributed by atoms with Crippen molar-refractivity contribution in [3.05, 3.63) is 0 Å². The van der Waals surface area contributed by atoms with E-state index < -0.39 is 5.54 Å². The zero-order valence-electron chi connectivity index (χ0n) is 8.18. The summed E-state index contributed by atoms with van der Waals surface area (Å²) < 4.78 is 0. The first-order valence-electron chi connectivity index (χ1n) is 5.20. The molecule has 0 aromatic carbocycles. The van der Waals surface area contributed by atoms with Gasteiger partial charge in [0.05, 0.1) is 6.07 Å². The fraction of sp³-hybridized carbons (Fsp3) is 0.800. The number of nitrogens with zero attached hydrogens (tertiary/aromatic N) is 1. The van der Waals surface area contributed by atoms with Gasteiger partial charge in [0.15, 0.2) is 0 Å². The Kier molecular flexibility index (Phi) is 2.42. The molecule has 0 unspecified atom stereocenters. The Balaban J connectivity index is 1.86. The van der Waals surface area contributed by atoms with Gasteiger partial charge in [-0.25, -0.2) is 0 Å². The lowest BCUT2D eigenvalue weighted by atomic mass is 9.97. The third-order valence-corrected chi connectivity index (χ3v) is 3.04. The fourth-order valence-corrected chi connectivity index (χ4v) is 1.81. The molecule has 1 aliphatic heterocycles. The molecule has 0 atom stereocenters. The molecule has 4 nitrogen and oxygen atoms in total. The number of nitriles is 1. The van der Waals surface area contributed by atoms with Crippen LogP contribution in [0.5, 0.6) is 0 Å². The van der Waals surface area contributed by atoms with Crippen LogP contribution in [0.3, 0.4) is 0 Å². The van der Waals surface area contributed by atoms with Gasteiger partial charge in [0.25, 0.3) is 0 Å². The molecule has 2 aliphatic rings. The fourth-order valence-electron chi connectivity index (χ4n) is 1.81. The van der Waals surface area contributed by atoms with Crippen LogP contribution in [0.4, 0.5) is 0 Å². The molecule has 0 radical (unpaired) electrons. The first-order valence-corrected chi connectivity index (χ1v) is 5.20. The summed E-state index contributed by atoms with van der Waals surface area (Å²) in [4.78, 5) is 11.7. The van der Waals surface area contributed by atoms with E-state index in [9.17, 15) is 4.79 Å². The van der Waals surface area contributed by atoms with Crippen LogP contribution in [0.15, 0.2) is 0 Å². The minimum Gasteiger partial charge on any atom is -0.338 e. The van der Waals surface area contributed by atoms with Gasteiger partial charge in [-0.05, 0) is 38.8 Å². The maximum Gasteiger partial charge on any atom is 0.224 e. The molecule has 0 aromatic heterocycles. The van der Waals surface area contributed by atoms with Crippen molar-refractivity contribution in [2.24, 2.45) is 5.92 Å². The van der Waals surface area contributed by atoms with Crippen LogP contribution in [0.25, 0.3) is 0 Å². The molecule has 1 heterocycles. The van der Waals surface area contributed by atoms with Crippen molar-refractivity contribution < 1.29 is 4.79 Å². The molecule has 0 spiro atoms. The molecular formula is C10H15N3O. The Morgan fingerprint density at radius 1 is 1.43 bits per heavy atom.